The lowest BCUT2D eigenvalue weighted by atomic mass is 10.1. The van der Waals surface area contributed by atoms with Crippen molar-refractivity contribution in [3.8, 4) is 0 Å². The number of thiophene rings is 1. The zero-order valence-corrected chi connectivity index (χ0v) is 8.35. The van der Waals surface area contributed by atoms with Crippen LogP contribution in [-0.2, 0) is 11.2 Å². The molecule has 0 saturated carbocycles. The van der Waals surface area contributed by atoms with Gasteiger partial charge >= 0.3 is 5.97 Å². The number of aryl methyl sites for hydroxylation is 1. The molecule has 0 saturated heterocycles. The molecule has 0 amide bonds. The molecule has 3 heteroatoms. The zero-order chi connectivity index (χ0) is 9.52. The Balaban J connectivity index is 1.99. The smallest absolute Gasteiger partial charge is 0.303 e. The van der Waals surface area contributed by atoms with Gasteiger partial charge in [0.1, 0.15) is 0 Å². The second-order valence-electron chi connectivity index (χ2n) is 3.09. The summed E-state index contributed by atoms with van der Waals surface area (Å²) in [5, 5.41) is 12.6. The number of carbonyl (C=O) groups is 1. The molecule has 1 N–H and O–H groups in total. The van der Waals surface area contributed by atoms with Crippen LogP contribution in [0.5, 0.6) is 0 Å². The highest BCUT2D eigenvalue weighted by Crippen LogP contribution is 2.10. The molecule has 13 heavy (non-hydrogen) atoms. The van der Waals surface area contributed by atoms with Crippen molar-refractivity contribution >= 4 is 17.3 Å². The van der Waals surface area contributed by atoms with Crippen molar-refractivity contribution in [2.45, 2.75) is 32.1 Å². The van der Waals surface area contributed by atoms with E-state index < -0.39 is 5.97 Å². The normalized spacial score (nSPS) is 10.2. The molecule has 0 unspecified atom stereocenters. The van der Waals surface area contributed by atoms with E-state index in [1.807, 2.05) is 0 Å². The van der Waals surface area contributed by atoms with Gasteiger partial charge in [-0.25, -0.2) is 0 Å². The number of carboxylic acid groups (broad SMARTS) is 1. The van der Waals surface area contributed by atoms with Crippen LogP contribution in [0.4, 0.5) is 0 Å². The average molecular weight is 198 g/mol. The van der Waals surface area contributed by atoms with Crippen LogP contribution in [0, 0.1) is 0 Å². The van der Waals surface area contributed by atoms with E-state index in [1.165, 1.54) is 5.56 Å². The highest BCUT2D eigenvalue weighted by atomic mass is 32.1. The second kappa shape index (κ2) is 5.75. The van der Waals surface area contributed by atoms with E-state index in [1.54, 1.807) is 11.3 Å². The molecule has 0 aliphatic carbocycles. The molecule has 1 aromatic heterocycles. The summed E-state index contributed by atoms with van der Waals surface area (Å²) < 4.78 is 0. The molecule has 0 fully saturated rings. The van der Waals surface area contributed by atoms with Crippen LogP contribution < -0.4 is 0 Å². The third-order valence-electron chi connectivity index (χ3n) is 1.94. The maximum absolute atomic E-state index is 10.2. The Morgan fingerprint density at radius 2 is 2.23 bits per heavy atom. The highest BCUT2D eigenvalue weighted by molar-refractivity contribution is 7.07. The molecule has 0 spiro atoms. The SMILES string of the molecule is O=C(O)CCCCCc1ccsc1. The summed E-state index contributed by atoms with van der Waals surface area (Å²) in [6, 6.07) is 2.13. The third-order valence-corrected chi connectivity index (χ3v) is 2.67. The number of rotatable bonds is 6. The minimum Gasteiger partial charge on any atom is -0.481 e. The first-order valence-electron chi connectivity index (χ1n) is 4.52. The van der Waals surface area contributed by atoms with Gasteiger partial charge < -0.3 is 5.11 Å². The fourth-order valence-corrected chi connectivity index (χ4v) is 1.92. The fourth-order valence-electron chi connectivity index (χ4n) is 1.22. The van der Waals surface area contributed by atoms with Gasteiger partial charge in [-0.2, -0.15) is 11.3 Å². The Hall–Kier alpha value is -0.830. The van der Waals surface area contributed by atoms with E-state index in [-0.39, 0.29) is 0 Å². The Morgan fingerprint density at radius 1 is 1.38 bits per heavy atom. The summed E-state index contributed by atoms with van der Waals surface area (Å²) in [5.74, 6) is -0.685. The molecule has 0 bridgehead atoms. The van der Waals surface area contributed by atoms with Crippen molar-refractivity contribution in [1.82, 2.24) is 0 Å². The molecule has 1 aromatic rings. The van der Waals surface area contributed by atoms with E-state index in [0.717, 1.165) is 25.7 Å². The maximum Gasteiger partial charge on any atom is 0.303 e. The van der Waals surface area contributed by atoms with Gasteiger partial charge in [-0.05, 0) is 41.7 Å². The number of carboxylic acids is 1. The molecule has 0 radical (unpaired) electrons. The molecule has 1 heterocycles. The van der Waals surface area contributed by atoms with Gasteiger partial charge in [-0.3, -0.25) is 4.79 Å². The lowest BCUT2D eigenvalue weighted by Gasteiger charge is -1.97. The summed E-state index contributed by atoms with van der Waals surface area (Å²) in [7, 11) is 0. The minimum absolute atomic E-state index is 0.309. The van der Waals surface area contributed by atoms with Crippen LogP contribution in [0.15, 0.2) is 16.8 Å². The summed E-state index contributed by atoms with van der Waals surface area (Å²) in [4.78, 5) is 10.2. The molecule has 1 rings (SSSR count). The summed E-state index contributed by atoms with van der Waals surface area (Å²) in [6.07, 6.45) is 4.32. The molecular weight excluding hydrogens is 184 g/mol. The molecule has 0 atom stereocenters. The lowest BCUT2D eigenvalue weighted by molar-refractivity contribution is -0.137. The van der Waals surface area contributed by atoms with Crippen molar-refractivity contribution in [3.05, 3.63) is 22.4 Å². The van der Waals surface area contributed by atoms with E-state index >= 15 is 0 Å². The van der Waals surface area contributed by atoms with Crippen molar-refractivity contribution in [1.29, 1.82) is 0 Å². The van der Waals surface area contributed by atoms with Crippen LogP contribution in [0.1, 0.15) is 31.2 Å². The van der Waals surface area contributed by atoms with Crippen molar-refractivity contribution in [2.24, 2.45) is 0 Å². The largest absolute Gasteiger partial charge is 0.481 e. The average Bonchev–Trinajstić information content (AvgIpc) is 2.55. The Labute approximate surface area is 82.2 Å². The number of unbranched alkanes of at least 4 members (excludes halogenated alkanes) is 2. The quantitative estimate of drug-likeness (QED) is 0.713. The van der Waals surface area contributed by atoms with E-state index in [9.17, 15) is 4.79 Å². The molecule has 0 aliphatic rings. The van der Waals surface area contributed by atoms with Crippen LogP contribution in [0.25, 0.3) is 0 Å². The number of hydrogen-bond acceptors (Lipinski definition) is 2. The highest BCUT2D eigenvalue weighted by Gasteiger charge is 1.97. The van der Waals surface area contributed by atoms with E-state index in [2.05, 4.69) is 16.8 Å². The van der Waals surface area contributed by atoms with Gasteiger partial charge in [0, 0.05) is 6.42 Å². The Bertz CT molecular complexity index is 241. The number of aliphatic carboxylic acids is 1. The van der Waals surface area contributed by atoms with Gasteiger partial charge in [-0.1, -0.05) is 6.42 Å². The molecule has 0 aliphatic heterocycles. The first-order chi connectivity index (χ1) is 6.29. The van der Waals surface area contributed by atoms with Gasteiger partial charge in [0.05, 0.1) is 0 Å². The van der Waals surface area contributed by atoms with Gasteiger partial charge in [0.2, 0.25) is 0 Å². The monoisotopic (exact) mass is 198 g/mol. The summed E-state index contributed by atoms with van der Waals surface area (Å²) >= 11 is 1.71. The van der Waals surface area contributed by atoms with Crippen LogP contribution in [-0.4, -0.2) is 11.1 Å². The first-order valence-corrected chi connectivity index (χ1v) is 5.46. The van der Waals surface area contributed by atoms with E-state index in [0.29, 0.717) is 6.42 Å². The molecule has 0 aromatic carbocycles. The molecule has 2 nitrogen and oxygen atoms in total. The Kier molecular flexibility index (Phi) is 4.54. The van der Waals surface area contributed by atoms with Crippen molar-refractivity contribution < 1.29 is 9.90 Å². The topological polar surface area (TPSA) is 37.3 Å². The third kappa shape index (κ3) is 4.68. The summed E-state index contributed by atoms with van der Waals surface area (Å²) in [5.41, 5.74) is 1.38. The van der Waals surface area contributed by atoms with Crippen molar-refractivity contribution in [2.75, 3.05) is 0 Å². The zero-order valence-electron chi connectivity index (χ0n) is 7.53. The van der Waals surface area contributed by atoms with Crippen LogP contribution in [0.3, 0.4) is 0 Å². The molecular formula is C10H14O2S. The standard InChI is InChI=1S/C10H14O2S/c11-10(12)5-3-1-2-4-9-6-7-13-8-9/h6-8H,1-5H2,(H,11,12). The van der Waals surface area contributed by atoms with Gasteiger partial charge in [0.25, 0.3) is 0 Å². The predicted molar refractivity (Wildman–Crippen MR) is 54.1 cm³/mol. The summed E-state index contributed by atoms with van der Waals surface area (Å²) in [6.45, 7) is 0. The van der Waals surface area contributed by atoms with E-state index in [4.69, 9.17) is 5.11 Å². The van der Waals surface area contributed by atoms with Crippen LogP contribution >= 0.6 is 11.3 Å². The lowest BCUT2D eigenvalue weighted by Crippen LogP contribution is -1.93. The van der Waals surface area contributed by atoms with Crippen molar-refractivity contribution in [3.63, 3.8) is 0 Å². The fraction of sp³-hybridized carbons (Fsp3) is 0.500. The Morgan fingerprint density at radius 3 is 2.85 bits per heavy atom. The first kappa shape index (κ1) is 10.3. The van der Waals surface area contributed by atoms with Gasteiger partial charge in [-0.15, -0.1) is 0 Å². The van der Waals surface area contributed by atoms with Gasteiger partial charge in [0.15, 0.2) is 0 Å². The maximum atomic E-state index is 10.2. The number of hydrogen-bond donors (Lipinski definition) is 1. The minimum atomic E-state index is -0.685. The van der Waals surface area contributed by atoms with Crippen LogP contribution in [0.2, 0.25) is 0 Å². The second-order valence-corrected chi connectivity index (χ2v) is 3.87. The predicted octanol–water partition coefficient (Wildman–Crippen LogP) is 2.94. The molecule has 72 valence electrons.